The van der Waals surface area contributed by atoms with Crippen LogP contribution in [0.2, 0.25) is 10.0 Å². The van der Waals surface area contributed by atoms with Gasteiger partial charge in [0.15, 0.2) is 5.69 Å². The van der Waals surface area contributed by atoms with E-state index in [2.05, 4.69) is 96.3 Å². The zero-order valence-electron chi connectivity index (χ0n) is 28.9. The number of carbonyl (C=O) groups is 1. The van der Waals surface area contributed by atoms with E-state index in [1.165, 1.54) is 60.6 Å². The summed E-state index contributed by atoms with van der Waals surface area (Å²) in [6.07, 6.45) is 10.6. The first-order valence-corrected chi connectivity index (χ1v) is 20.5. The second kappa shape index (κ2) is 19.4. The maximum Gasteiger partial charge on any atom is 0.272 e. The van der Waals surface area contributed by atoms with Crippen LogP contribution < -0.4 is 38.2 Å². The molecular weight excluding hydrogens is 756 g/mol. The molecule has 1 heterocycles. The van der Waals surface area contributed by atoms with E-state index in [0.29, 0.717) is 28.8 Å². The number of aromatic nitrogens is 2. The summed E-state index contributed by atoms with van der Waals surface area (Å²) in [6.45, 7) is 1.10. The Bertz CT molecular complexity index is 1880. The lowest BCUT2D eigenvalue weighted by Crippen LogP contribution is -3.00. The maximum atomic E-state index is 13.2. The summed E-state index contributed by atoms with van der Waals surface area (Å²) < 4.78 is 1.84. The van der Waals surface area contributed by atoms with E-state index in [1.807, 2.05) is 41.1 Å². The lowest BCUT2D eigenvalue weighted by molar-refractivity contribution is -0.0000180. The van der Waals surface area contributed by atoms with Crippen molar-refractivity contribution in [1.82, 2.24) is 15.1 Å². The second-order valence-corrected chi connectivity index (χ2v) is 17.3. The van der Waals surface area contributed by atoms with Crippen LogP contribution in [0.3, 0.4) is 0 Å². The minimum atomic E-state index is -1.74. The van der Waals surface area contributed by atoms with Crippen molar-refractivity contribution < 1.29 is 21.8 Å². The van der Waals surface area contributed by atoms with Crippen LogP contribution in [0.1, 0.15) is 67.4 Å². The van der Waals surface area contributed by atoms with Crippen molar-refractivity contribution in [2.24, 2.45) is 0 Å². The first-order chi connectivity index (χ1) is 24.6. The van der Waals surface area contributed by atoms with Crippen molar-refractivity contribution in [3.05, 3.63) is 155 Å². The van der Waals surface area contributed by atoms with Crippen LogP contribution in [0.25, 0.3) is 10.9 Å². The van der Waals surface area contributed by atoms with Crippen LogP contribution in [-0.2, 0) is 6.54 Å². The molecule has 0 saturated carbocycles. The highest BCUT2D eigenvalue weighted by atomic mass is 79.9. The smallest absolute Gasteiger partial charge is 0.272 e. The highest BCUT2D eigenvalue weighted by Gasteiger charge is 2.44. The van der Waals surface area contributed by atoms with Crippen LogP contribution in [0.4, 0.5) is 0 Å². The predicted octanol–water partition coefficient (Wildman–Crippen LogP) is 7.24. The molecule has 1 aromatic heterocycles. The van der Waals surface area contributed by atoms with Gasteiger partial charge in [-0.25, -0.2) is 0 Å². The topological polar surface area (TPSA) is 46.9 Å². The summed E-state index contributed by atoms with van der Waals surface area (Å²) in [5, 5.41) is 14.2. The molecule has 1 amide bonds. The Labute approximate surface area is 323 Å². The Morgan fingerprint density at radius 3 is 1.71 bits per heavy atom. The molecule has 264 valence electrons. The summed E-state index contributed by atoms with van der Waals surface area (Å²) in [5.41, 5.74) is 2.25. The number of nitrogens with one attached hydrogen (secondary N) is 1. The lowest BCUT2D eigenvalue weighted by Gasteiger charge is -2.27. The lowest BCUT2D eigenvalue weighted by atomic mass is 10.1. The van der Waals surface area contributed by atoms with Gasteiger partial charge < -0.3 is 22.3 Å². The Kier molecular flexibility index (Phi) is 14.7. The van der Waals surface area contributed by atoms with Crippen molar-refractivity contribution in [2.75, 3.05) is 12.7 Å². The molecule has 5 aromatic carbocycles. The van der Waals surface area contributed by atoms with Crippen molar-refractivity contribution in [2.45, 2.75) is 57.9 Å². The maximum absolute atomic E-state index is 13.2. The van der Waals surface area contributed by atoms with Crippen molar-refractivity contribution in [3.63, 3.8) is 0 Å². The fourth-order valence-electron chi connectivity index (χ4n) is 6.93. The van der Waals surface area contributed by atoms with E-state index in [9.17, 15) is 4.79 Å². The summed E-state index contributed by atoms with van der Waals surface area (Å²) in [6, 6.07) is 46.8. The fraction of sp³-hybridized carbons (Fsp3) is 0.256. The third-order valence-corrected chi connectivity index (χ3v) is 14.6. The van der Waals surface area contributed by atoms with Crippen LogP contribution in [-0.4, -0.2) is 28.4 Å². The van der Waals surface area contributed by atoms with Crippen molar-refractivity contribution in [1.29, 1.82) is 0 Å². The number of amides is 1. The first kappa shape index (κ1) is 38.8. The number of unbranched alkanes of at least 4 members (excludes halogenated alkanes) is 7. The Morgan fingerprint density at radius 1 is 0.627 bits per heavy atom. The molecule has 0 saturated heterocycles. The molecule has 0 aliphatic carbocycles. The molecule has 1 N–H and O–H groups in total. The minimum Gasteiger partial charge on any atom is -1.00 e. The molecule has 0 atom stereocenters. The van der Waals surface area contributed by atoms with Crippen LogP contribution in [0, 0.1) is 0 Å². The Balaban J connectivity index is 0.00000504. The predicted molar refractivity (Wildman–Crippen MR) is 215 cm³/mol. The summed E-state index contributed by atoms with van der Waals surface area (Å²) in [7, 11) is -1.74. The minimum absolute atomic E-state index is 0. The number of nitrogens with zero attached hydrogens (tertiary/aromatic N) is 2. The molecule has 0 radical (unpaired) electrons. The van der Waals surface area contributed by atoms with Crippen LogP contribution in [0.5, 0.6) is 0 Å². The van der Waals surface area contributed by atoms with Gasteiger partial charge in [0.05, 0.1) is 18.2 Å². The molecule has 4 nitrogen and oxygen atoms in total. The van der Waals surface area contributed by atoms with Gasteiger partial charge in [-0.3, -0.25) is 9.48 Å². The summed E-state index contributed by atoms with van der Waals surface area (Å²) in [4.78, 5) is 13.2. The number of halogens is 3. The monoisotopic (exact) mass is 799 g/mol. The molecule has 6 rings (SSSR count). The Hall–Kier alpha value is -3.47. The quantitative estimate of drug-likeness (QED) is 0.0782. The van der Waals surface area contributed by atoms with Crippen LogP contribution in [0.15, 0.2) is 133 Å². The summed E-state index contributed by atoms with van der Waals surface area (Å²) in [5.74, 6) is -0.137. The van der Waals surface area contributed by atoms with Crippen molar-refractivity contribution in [3.8, 4) is 0 Å². The summed E-state index contributed by atoms with van der Waals surface area (Å²) >= 11 is 12.5. The largest absolute Gasteiger partial charge is 1.00 e. The SMILES string of the molecule is O=C(NCCCCCCCCCC[P+](c1ccccc1)(c1ccccc1)c1ccccc1)c1nn(Cc2ccc(Cl)cc2Cl)c2ccccc12.[Br-]. The number of benzene rings is 5. The van der Waals surface area contributed by atoms with Gasteiger partial charge in [0, 0.05) is 22.0 Å². The highest BCUT2D eigenvalue weighted by molar-refractivity contribution is 7.95. The standard InChI is InChI=1S/C43H44Cl2N3OP.BrH/c44-35-29-28-34(40(45)32-35)33-48-41-27-17-16-26-39(41)42(47-48)43(49)46-30-18-5-3-1-2-4-6-19-31-50(36-20-10-7-11-21-36,37-22-12-8-13-23-37)38-24-14-9-15-25-38;/h7-17,20-29,32H,1-6,18-19,30-31,33H2;1H. The average Bonchev–Trinajstić information content (AvgIpc) is 3.53. The van der Waals surface area contributed by atoms with Gasteiger partial charge in [0.2, 0.25) is 0 Å². The molecule has 8 heteroatoms. The highest BCUT2D eigenvalue weighted by Crippen LogP contribution is 2.56. The number of hydrogen-bond donors (Lipinski definition) is 1. The molecule has 0 spiro atoms. The average molecular weight is 802 g/mol. The molecule has 0 aliphatic rings. The molecule has 0 fully saturated rings. The number of carbonyl (C=O) groups excluding carboxylic acids is 1. The number of hydrogen-bond acceptors (Lipinski definition) is 2. The van der Waals surface area contributed by atoms with Crippen molar-refractivity contribution >= 4 is 63.2 Å². The second-order valence-electron chi connectivity index (χ2n) is 12.9. The van der Waals surface area contributed by atoms with E-state index in [1.54, 1.807) is 6.07 Å². The van der Waals surface area contributed by atoms with E-state index in [4.69, 9.17) is 28.3 Å². The van der Waals surface area contributed by atoms with E-state index >= 15 is 0 Å². The first-order valence-electron chi connectivity index (χ1n) is 17.8. The normalized spacial score (nSPS) is 11.3. The van der Waals surface area contributed by atoms with E-state index < -0.39 is 7.26 Å². The zero-order chi connectivity index (χ0) is 34.6. The number of rotatable bonds is 17. The van der Waals surface area contributed by atoms with Gasteiger partial charge in [-0.2, -0.15) is 5.10 Å². The van der Waals surface area contributed by atoms with Gasteiger partial charge in [-0.1, -0.05) is 134 Å². The third-order valence-electron chi connectivity index (χ3n) is 9.51. The molecule has 6 aromatic rings. The molecule has 0 unspecified atom stereocenters. The van der Waals surface area contributed by atoms with E-state index in [-0.39, 0.29) is 22.9 Å². The van der Waals surface area contributed by atoms with Crippen LogP contribution >= 0.6 is 30.5 Å². The molecular formula is C43H45BrCl2N3OP. The zero-order valence-corrected chi connectivity index (χ0v) is 32.9. The van der Waals surface area contributed by atoms with Gasteiger partial charge in [0.25, 0.3) is 5.91 Å². The third kappa shape index (κ3) is 9.70. The fourth-order valence-corrected chi connectivity index (χ4v) is 11.8. The van der Waals surface area contributed by atoms with Gasteiger partial charge >= 0.3 is 0 Å². The van der Waals surface area contributed by atoms with E-state index in [0.717, 1.165) is 29.3 Å². The molecule has 0 aliphatic heterocycles. The van der Waals surface area contributed by atoms with Gasteiger partial charge in [-0.15, -0.1) is 0 Å². The number of fused-ring (bicyclic) bond motifs is 1. The molecule has 51 heavy (non-hydrogen) atoms. The van der Waals surface area contributed by atoms with Gasteiger partial charge in [-0.05, 0) is 79.4 Å². The number of para-hydroxylation sites is 1. The van der Waals surface area contributed by atoms with Gasteiger partial charge in [0.1, 0.15) is 23.2 Å². The molecule has 0 bridgehead atoms. The Morgan fingerprint density at radius 2 is 1.14 bits per heavy atom.